The van der Waals surface area contributed by atoms with Crippen molar-refractivity contribution in [1.82, 2.24) is 10.7 Å². The molecule has 4 fully saturated rings. The number of nitro groups is 1. The van der Waals surface area contributed by atoms with Crippen LogP contribution in [0.4, 0.5) is 0 Å². The second kappa shape index (κ2) is 15.2. The van der Waals surface area contributed by atoms with Crippen molar-refractivity contribution in [3.63, 3.8) is 0 Å². The summed E-state index contributed by atoms with van der Waals surface area (Å²) in [4.78, 5) is 52.3. The summed E-state index contributed by atoms with van der Waals surface area (Å²) >= 11 is 1.55. The van der Waals surface area contributed by atoms with E-state index in [1.54, 1.807) is 24.1 Å². The molecule has 6 atom stereocenters. The Hall–Kier alpha value is -2.19. The lowest BCUT2D eigenvalue weighted by Crippen LogP contribution is -2.65. The molecule has 3 aliphatic carbocycles. The van der Waals surface area contributed by atoms with Gasteiger partial charge in [-0.3, -0.25) is 14.4 Å². The van der Waals surface area contributed by atoms with Crippen LogP contribution in [0.3, 0.4) is 0 Å². The van der Waals surface area contributed by atoms with E-state index in [1.807, 2.05) is 0 Å². The monoisotopic (exact) mass is 623 g/mol. The number of nitrogens with one attached hydrogen (secondary N) is 2. The second-order valence-electron chi connectivity index (χ2n) is 13.6. The van der Waals surface area contributed by atoms with E-state index >= 15 is 0 Å². The molecule has 242 valence electrons. The topological polar surface area (TPSA) is 175 Å². The second-order valence-corrected chi connectivity index (χ2v) is 14.8. The highest BCUT2D eigenvalue weighted by atomic mass is 32.2. The highest BCUT2D eigenvalue weighted by molar-refractivity contribution is 7.99. The lowest BCUT2D eigenvalue weighted by molar-refractivity contribution is -0.525. The fraction of sp³-hybridized carbons (Fsp3) is 0.862. The van der Waals surface area contributed by atoms with Crippen LogP contribution in [-0.4, -0.2) is 71.3 Å². The van der Waals surface area contributed by atoms with E-state index in [0.717, 1.165) is 12.8 Å². The number of hydrazine groups is 1. The Balaban J connectivity index is 1.65. The largest absolute Gasteiger partial charge is 0.481 e. The normalized spacial score (nSPS) is 27.2. The maximum atomic E-state index is 13.7. The van der Waals surface area contributed by atoms with Gasteiger partial charge in [0.25, 0.3) is 5.96 Å². The van der Waals surface area contributed by atoms with E-state index in [0.29, 0.717) is 55.4 Å². The third kappa shape index (κ3) is 9.40. The first kappa shape index (κ1) is 35.3. The van der Waals surface area contributed by atoms with Crippen molar-refractivity contribution in [1.29, 1.82) is 0 Å². The van der Waals surface area contributed by atoms with Crippen LogP contribution in [0.1, 0.15) is 92.9 Å². The number of carbonyl (C=O) groups excluding carboxylic acids is 3. The molecule has 0 spiro atoms. The van der Waals surface area contributed by atoms with Gasteiger partial charge in [-0.05, 0) is 69.1 Å². The molecule has 1 aliphatic heterocycles. The molecule has 1 saturated heterocycles. The molecule has 1 heterocycles. The number of nitrogens with two attached hydrogens (primary N) is 1. The molecule has 14 heteroatoms. The lowest BCUT2D eigenvalue weighted by Gasteiger charge is -2.64. The first-order valence-corrected chi connectivity index (χ1v) is 16.7. The number of hydrogen-bond donors (Lipinski definition) is 3. The van der Waals surface area contributed by atoms with Crippen molar-refractivity contribution in [2.75, 3.05) is 18.1 Å². The Morgan fingerprint density at radius 3 is 2.51 bits per heavy atom. The average Bonchev–Trinajstić information content (AvgIpc) is 3.26. The number of ketones is 2. The summed E-state index contributed by atoms with van der Waals surface area (Å²) < 4.78 is 13.2. The van der Waals surface area contributed by atoms with E-state index in [9.17, 15) is 24.5 Å². The molecule has 1 amide bonds. The van der Waals surface area contributed by atoms with E-state index in [2.05, 4.69) is 44.9 Å². The van der Waals surface area contributed by atoms with Crippen molar-refractivity contribution < 1.29 is 28.7 Å². The predicted octanol–water partition coefficient (Wildman–Crippen LogP) is 3.34. The van der Waals surface area contributed by atoms with Gasteiger partial charge in [-0.1, -0.05) is 33.1 Å². The fourth-order valence-corrected chi connectivity index (χ4v) is 8.00. The Bertz CT molecular complexity index is 1060. The molecule has 0 aromatic rings. The summed E-state index contributed by atoms with van der Waals surface area (Å²) in [6.07, 6.45) is 4.39. The summed E-state index contributed by atoms with van der Waals surface area (Å²) in [6.45, 7) is 12.7. The van der Waals surface area contributed by atoms with Gasteiger partial charge in [-0.2, -0.15) is 11.8 Å². The van der Waals surface area contributed by atoms with Crippen molar-refractivity contribution in [2.45, 2.75) is 111 Å². The molecule has 4 aliphatic rings. The van der Waals surface area contributed by atoms with Crippen molar-refractivity contribution in [3.05, 3.63) is 10.1 Å². The zero-order valence-corrected chi connectivity index (χ0v) is 27.4. The fourth-order valence-electron chi connectivity index (χ4n) is 6.99. The van der Waals surface area contributed by atoms with Crippen LogP contribution >= 0.6 is 11.8 Å². The van der Waals surface area contributed by atoms with Crippen LogP contribution in [-0.2, 0) is 23.7 Å². The van der Waals surface area contributed by atoms with Gasteiger partial charge in [-0.15, -0.1) is 0 Å². The molecular weight excluding hydrogens is 573 g/mol. The number of amides is 1. The minimum Gasteiger partial charge on any atom is -0.404 e. The van der Waals surface area contributed by atoms with Crippen LogP contribution in [0.5, 0.6) is 0 Å². The van der Waals surface area contributed by atoms with Crippen LogP contribution in [0.25, 0.3) is 0 Å². The minimum atomic E-state index is -0.787. The number of nitrogens with zero attached hydrogens (tertiary/aromatic N) is 2. The van der Waals surface area contributed by atoms with E-state index in [4.69, 9.17) is 15.0 Å². The molecule has 0 aromatic carbocycles. The van der Waals surface area contributed by atoms with Crippen molar-refractivity contribution >= 4 is 42.3 Å². The molecule has 0 unspecified atom stereocenters. The summed E-state index contributed by atoms with van der Waals surface area (Å²) in [5, 5.41) is 13.0. The van der Waals surface area contributed by atoms with Gasteiger partial charge in [0.2, 0.25) is 5.91 Å². The van der Waals surface area contributed by atoms with Crippen LogP contribution < -0.4 is 16.5 Å². The Labute approximate surface area is 260 Å². The Morgan fingerprint density at radius 1 is 1.19 bits per heavy atom. The standard InChI is InChI=1S/C29H50BN5O7S/c1-18(2)14-25(30-41-24-17-21-16-23(28(21,4)5)29(24,6)42-30)33-26(38)20(8-7-11-32-27(31)34-35(39)40)15-22(37)10-13-43-12-9-19(3)36/h18,20-21,23-25H,7-17H2,1-6H3,(H,33,38)(H3,31,32,34)/t20-,21+,23+,24-,25+,29+/m1/s1. The molecule has 4 rings (SSSR count). The lowest BCUT2D eigenvalue weighted by atomic mass is 9.43. The van der Waals surface area contributed by atoms with E-state index in [1.165, 1.54) is 0 Å². The van der Waals surface area contributed by atoms with E-state index < -0.39 is 23.7 Å². The molecule has 3 saturated carbocycles. The number of Topliss-reactive ketones (excluding diaryl/α,β-unsaturated/α-hetero) is 2. The minimum absolute atomic E-state index is 0.00480. The molecular formula is C29H50BN5O7S. The maximum absolute atomic E-state index is 13.7. The van der Waals surface area contributed by atoms with E-state index in [-0.39, 0.29) is 59.8 Å². The smallest absolute Gasteiger partial charge is 0.404 e. The Kier molecular flexibility index (Phi) is 12.5. The maximum Gasteiger partial charge on any atom is 0.481 e. The van der Waals surface area contributed by atoms with Crippen LogP contribution in [0.2, 0.25) is 0 Å². The van der Waals surface area contributed by atoms with Crippen LogP contribution in [0, 0.1) is 39.2 Å². The molecule has 0 aromatic heterocycles. The van der Waals surface area contributed by atoms with Gasteiger partial charge in [0, 0.05) is 43.2 Å². The summed E-state index contributed by atoms with van der Waals surface area (Å²) in [7, 11) is -0.567. The quantitative estimate of drug-likeness (QED) is 0.0513. The zero-order valence-electron chi connectivity index (χ0n) is 26.6. The van der Waals surface area contributed by atoms with Crippen molar-refractivity contribution in [2.24, 2.45) is 39.8 Å². The first-order chi connectivity index (χ1) is 20.1. The SMILES string of the molecule is CC(=O)CCSCCC(=O)C[C@@H](CCCN=C(N)N[N+](=O)[O-])C(=O)N[C@@H](CC(C)C)B1O[C@@H]2C[C@@H]3C[C@@H](C3(C)C)[C@]2(C)O1. The number of aliphatic imine (C=N–C) groups is 1. The number of thioether (sulfide) groups is 1. The third-order valence-corrected chi connectivity index (χ3v) is 10.5. The summed E-state index contributed by atoms with van der Waals surface area (Å²) in [6, 6.07) is 0. The predicted molar refractivity (Wildman–Crippen MR) is 168 cm³/mol. The highest BCUT2D eigenvalue weighted by Crippen LogP contribution is 2.65. The van der Waals surface area contributed by atoms with Gasteiger partial charge >= 0.3 is 7.12 Å². The molecule has 2 bridgehead atoms. The molecule has 12 nitrogen and oxygen atoms in total. The van der Waals surface area contributed by atoms with Gasteiger partial charge in [0.05, 0.1) is 17.6 Å². The third-order valence-electron chi connectivity index (χ3n) is 9.52. The number of carbonyl (C=O) groups is 3. The van der Waals surface area contributed by atoms with Gasteiger partial charge in [-0.25, -0.2) is 15.1 Å². The van der Waals surface area contributed by atoms with Gasteiger partial charge < -0.3 is 20.4 Å². The highest BCUT2D eigenvalue weighted by Gasteiger charge is 2.68. The first-order valence-electron chi connectivity index (χ1n) is 15.6. The van der Waals surface area contributed by atoms with Gasteiger partial charge in [0.1, 0.15) is 11.6 Å². The average molecular weight is 624 g/mol. The molecule has 43 heavy (non-hydrogen) atoms. The van der Waals surface area contributed by atoms with Crippen molar-refractivity contribution in [3.8, 4) is 0 Å². The Morgan fingerprint density at radius 2 is 1.88 bits per heavy atom. The molecule has 0 radical (unpaired) electrons. The number of rotatable bonds is 18. The summed E-state index contributed by atoms with van der Waals surface area (Å²) in [5.41, 5.74) is 7.13. The number of guanidine groups is 1. The van der Waals surface area contributed by atoms with Gasteiger partial charge in [0.15, 0.2) is 5.03 Å². The zero-order chi connectivity index (χ0) is 31.9. The number of hydrogen-bond acceptors (Lipinski definition) is 9. The summed E-state index contributed by atoms with van der Waals surface area (Å²) in [5.74, 6) is 1.13. The molecule has 4 N–H and O–H groups in total. The van der Waals surface area contributed by atoms with Crippen LogP contribution in [0.15, 0.2) is 4.99 Å².